The quantitative estimate of drug-likeness (QED) is 0.145. The van der Waals surface area contributed by atoms with Crippen molar-refractivity contribution in [1.29, 1.82) is 0 Å². The molecule has 0 saturated carbocycles. The first-order valence-electron chi connectivity index (χ1n) is 19.0. The van der Waals surface area contributed by atoms with Crippen LogP contribution in [0.1, 0.15) is 16.7 Å². The lowest BCUT2D eigenvalue weighted by molar-refractivity contribution is 1.20. The standard InChI is InChI=1S/C53H42N2/c1-37-35-38(2)53(39(3)36-37)55(46-33-31-44(32-34-46)54(42-19-9-5-10-20-42)43-21-11-6-12-22-43)45-29-27-41(28-30-45)52-49-25-15-13-23-47(49)51(40-17-7-4-8-18-40)48-24-14-16-26-50(48)52/h4-36H,1-3H3. The smallest absolute Gasteiger partial charge is 0.0520 e. The monoisotopic (exact) mass is 706 g/mol. The zero-order valence-corrected chi connectivity index (χ0v) is 31.4. The van der Waals surface area contributed by atoms with Crippen molar-refractivity contribution in [3.8, 4) is 22.3 Å². The summed E-state index contributed by atoms with van der Waals surface area (Å²) in [5.74, 6) is 0. The first kappa shape index (κ1) is 33.9. The highest BCUT2D eigenvalue weighted by atomic mass is 15.2. The molecule has 0 bridgehead atoms. The summed E-state index contributed by atoms with van der Waals surface area (Å²) in [5, 5.41) is 5.04. The van der Waals surface area contributed by atoms with Gasteiger partial charge in [-0.3, -0.25) is 0 Å². The summed E-state index contributed by atoms with van der Waals surface area (Å²) in [6.45, 7) is 6.63. The third-order valence-corrected chi connectivity index (χ3v) is 10.7. The maximum absolute atomic E-state index is 2.42. The predicted octanol–water partition coefficient (Wildman–Crippen LogP) is 15.2. The zero-order chi connectivity index (χ0) is 37.3. The first-order chi connectivity index (χ1) is 27.0. The van der Waals surface area contributed by atoms with Gasteiger partial charge >= 0.3 is 0 Å². The van der Waals surface area contributed by atoms with Crippen molar-refractivity contribution in [3.63, 3.8) is 0 Å². The van der Waals surface area contributed by atoms with Gasteiger partial charge in [0.1, 0.15) is 0 Å². The van der Waals surface area contributed by atoms with E-state index in [0.29, 0.717) is 0 Å². The molecule has 0 heterocycles. The van der Waals surface area contributed by atoms with Gasteiger partial charge in [-0.2, -0.15) is 0 Å². The lowest BCUT2D eigenvalue weighted by atomic mass is 9.86. The minimum atomic E-state index is 1.10. The van der Waals surface area contributed by atoms with Crippen LogP contribution in [-0.2, 0) is 0 Å². The van der Waals surface area contributed by atoms with Crippen molar-refractivity contribution in [2.24, 2.45) is 0 Å². The number of fused-ring (bicyclic) bond motifs is 2. The zero-order valence-electron chi connectivity index (χ0n) is 31.4. The molecule has 0 aliphatic carbocycles. The second-order valence-corrected chi connectivity index (χ2v) is 14.4. The van der Waals surface area contributed by atoms with E-state index in [0.717, 1.165) is 28.4 Å². The van der Waals surface area contributed by atoms with Gasteiger partial charge in [0.15, 0.2) is 0 Å². The van der Waals surface area contributed by atoms with E-state index in [4.69, 9.17) is 0 Å². The molecule has 0 saturated heterocycles. The van der Waals surface area contributed by atoms with Crippen molar-refractivity contribution >= 4 is 55.7 Å². The molecule has 0 atom stereocenters. The van der Waals surface area contributed by atoms with Crippen molar-refractivity contribution in [2.45, 2.75) is 20.8 Å². The largest absolute Gasteiger partial charge is 0.311 e. The van der Waals surface area contributed by atoms with Crippen LogP contribution in [-0.4, -0.2) is 0 Å². The Morgan fingerprint density at radius 3 is 1.02 bits per heavy atom. The Bertz CT molecular complexity index is 2630. The van der Waals surface area contributed by atoms with Gasteiger partial charge in [-0.15, -0.1) is 0 Å². The summed E-state index contributed by atoms with van der Waals surface area (Å²) in [4.78, 5) is 4.73. The van der Waals surface area contributed by atoms with Gasteiger partial charge in [0.2, 0.25) is 0 Å². The molecule has 264 valence electrons. The molecule has 9 aromatic carbocycles. The van der Waals surface area contributed by atoms with E-state index in [-0.39, 0.29) is 0 Å². The topological polar surface area (TPSA) is 6.48 Å². The van der Waals surface area contributed by atoms with E-state index in [9.17, 15) is 0 Å². The number of hydrogen-bond acceptors (Lipinski definition) is 2. The van der Waals surface area contributed by atoms with Gasteiger partial charge in [0.05, 0.1) is 5.69 Å². The second-order valence-electron chi connectivity index (χ2n) is 14.4. The van der Waals surface area contributed by atoms with E-state index in [2.05, 4.69) is 231 Å². The van der Waals surface area contributed by atoms with Crippen LogP contribution in [0.5, 0.6) is 0 Å². The molecule has 0 unspecified atom stereocenters. The summed E-state index contributed by atoms with van der Waals surface area (Å²) in [7, 11) is 0. The van der Waals surface area contributed by atoms with Crippen LogP contribution in [0.3, 0.4) is 0 Å². The molecule has 0 radical (unpaired) electrons. The Morgan fingerprint density at radius 2 is 0.600 bits per heavy atom. The Kier molecular flexibility index (Phi) is 8.94. The van der Waals surface area contributed by atoms with Crippen LogP contribution < -0.4 is 9.80 Å². The molecule has 2 nitrogen and oxygen atoms in total. The third-order valence-electron chi connectivity index (χ3n) is 10.7. The van der Waals surface area contributed by atoms with Gasteiger partial charge in [0, 0.05) is 28.4 Å². The fourth-order valence-electron chi connectivity index (χ4n) is 8.42. The third kappa shape index (κ3) is 6.32. The van der Waals surface area contributed by atoms with Gasteiger partial charge < -0.3 is 9.80 Å². The molecule has 0 aliphatic rings. The van der Waals surface area contributed by atoms with Gasteiger partial charge in [-0.05, 0) is 136 Å². The Balaban J connectivity index is 1.18. The lowest BCUT2D eigenvalue weighted by Gasteiger charge is -2.30. The highest BCUT2D eigenvalue weighted by molar-refractivity contribution is 6.21. The molecule has 55 heavy (non-hydrogen) atoms. The van der Waals surface area contributed by atoms with Crippen LogP contribution in [0.4, 0.5) is 34.1 Å². The van der Waals surface area contributed by atoms with Crippen LogP contribution in [0.2, 0.25) is 0 Å². The van der Waals surface area contributed by atoms with Crippen LogP contribution in [0.25, 0.3) is 43.8 Å². The summed E-state index contributed by atoms with van der Waals surface area (Å²) in [5.41, 5.74) is 15.5. The SMILES string of the molecule is Cc1cc(C)c(N(c2ccc(-c3c4ccccc4c(-c4ccccc4)c4ccccc34)cc2)c2ccc(N(c3ccccc3)c3ccccc3)cc2)c(C)c1. The number of rotatable bonds is 8. The molecule has 0 fully saturated rings. The summed E-state index contributed by atoms with van der Waals surface area (Å²) >= 11 is 0. The van der Waals surface area contributed by atoms with Crippen molar-refractivity contribution < 1.29 is 0 Å². The first-order valence-corrected chi connectivity index (χ1v) is 19.0. The Labute approximate surface area is 324 Å². The van der Waals surface area contributed by atoms with E-state index in [1.165, 1.54) is 66.2 Å². The van der Waals surface area contributed by atoms with Crippen molar-refractivity contribution in [3.05, 3.63) is 217 Å². The molecule has 0 spiro atoms. The maximum Gasteiger partial charge on any atom is 0.0520 e. The van der Waals surface area contributed by atoms with E-state index in [1.807, 2.05) is 0 Å². The summed E-state index contributed by atoms with van der Waals surface area (Å²) in [6, 6.07) is 72.4. The van der Waals surface area contributed by atoms with E-state index < -0.39 is 0 Å². The Hall–Kier alpha value is -6.90. The fourth-order valence-corrected chi connectivity index (χ4v) is 8.42. The fraction of sp³-hybridized carbons (Fsp3) is 0.0566. The molecule has 0 amide bonds. The van der Waals surface area contributed by atoms with Crippen molar-refractivity contribution in [1.82, 2.24) is 0 Å². The number of para-hydroxylation sites is 2. The minimum absolute atomic E-state index is 1.10. The minimum Gasteiger partial charge on any atom is -0.311 e. The number of anilines is 6. The molecule has 0 aliphatic heterocycles. The molecule has 9 aromatic rings. The maximum atomic E-state index is 2.42. The Morgan fingerprint density at radius 1 is 0.291 bits per heavy atom. The lowest BCUT2D eigenvalue weighted by Crippen LogP contribution is -2.14. The molecule has 9 rings (SSSR count). The van der Waals surface area contributed by atoms with Crippen molar-refractivity contribution in [2.75, 3.05) is 9.80 Å². The summed E-state index contributed by atoms with van der Waals surface area (Å²) in [6.07, 6.45) is 0. The highest BCUT2D eigenvalue weighted by Crippen LogP contribution is 2.46. The van der Waals surface area contributed by atoms with Crippen LogP contribution >= 0.6 is 0 Å². The van der Waals surface area contributed by atoms with Gasteiger partial charge in [-0.1, -0.05) is 145 Å². The average Bonchev–Trinajstić information content (AvgIpc) is 3.23. The van der Waals surface area contributed by atoms with Crippen LogP contribution in [0, 0.1) is 20.8 Å². The number of aryl methyl sites for hydroxylation is 3. The molecular formula is C53H42N2. The number of nitrogens with zero attached hydrogens (tertiary/aromatic N) is 2. The molecule has 0 aromatic heterocycles. The molecule has 0 N–H and O–H groups in total. The van der Waals surface area contributed by atoms with E-state index in [1.54, 1.807) is 0 Å². The van der Waals surface area contributed by atoms with Gasteiger partial charge in [0.25, 0.3) is 0 Å². The predicted molar refractivity (Wildman–Crippen MR) is 236 cm³/mol. The second kappa shape index (κ2) is 14.5. The number of hydrogen-bond donors (Lipinski definition) is 0. The molecular weight excluding hydrogens is 665 g/mol. The van der Waals surface area contributed by atoms with Crippen LogP contribution in [0.15, 0.2) is 200 Å². The number of benzene rings is 9. The molecule has 2 heteroatoms. The van der Waals surface area contributed by atoms with Gasteiger partial charge in [-0.25, -0.2) is 0 Å². The highest BCUT2D eigenvalue weighted by Gasteiger charge is 2.21. The normalized spacial score (nSPS) is 11.2. The average molecular weight is 707 g/mol. The summed E-state index contributed by atoms with van der Waals surface area (Å²) < 4.78 is 0. The van der Waals surface area contributed by atoms with E-state index >= 15 is 0 Å².